The molecule has 0 aliphatic rings. The average molecular weight is 408 g/mol. The number of nitrogens with one attached hydrogen (secondary N) is 2. The summed E-state index contributed by atoms with van der Waals surface area (Å²) in [5, 5.41) is 20.1. The summed E-state index contributed by atoms with van der Waals surface area (Å²) in [4.78, 5) is 12.3. The van der Waals surface area contributed by atoms with Crippen LogP contribution in [0.4, 0.5) is 10.1 Å². The molecule has 0 aliphatic heterocycles. The van der Waals surface area contributed by atoms with Gasteiger partial charge in [-0.3, -0.25) is 9.89 Å². The number of hydrogen-bond donors (Lipinski definition) is 3. The van der Waals surface area contributed by atoms with Crippen molar-refractivity contribution >= 4 is 23.2 Å². The van der Waals surface area contributed by atoms with Crippen LogP contribution in [0.2, 0.25) is 5.02 Å². The summed E-state index contributed by atoms with van der Waals surface area (Å²) in [6.07, 6.45) is 0. The lowest BCUT2D eigenvalue weighted by Gasteiger charge is -2.07. The van der Waals surface area contributed by atoms with E-state index >= 15 is 0 Å². The van der Waals surface area contributed by atoms with E-state index in [2.05, 4.69) is 15.5 Å². The number of H-pyrrole nitrogens is 1. The largest absolute Gasteiger partial charge is 0.507 e. The molecular weight excluding hydrogens is 393 g/mol. The van der Waals surface area contributed by atoms with Gasteiger partial charge in [-0.15, -0.1) is 0 Å². The van der Waals surface area contributed by atoms with Crippen molar-refractivity contribution in [1.29, 1.82) is 0 Å². The zero-order chi connectivity index (χ0) is 20.4. The van der Waals surface area contributed by atoms with Crippen molar-refractivity contribution in [3.8, 4) is 28.3 Å². The SMILES string of the molecule is O=C(Nc1ccc(-c2cc(-c3cc(F)ccc3O)[nH]n2)cc1)c1ccccc1Cl. The Bertz CT molecular complexity index is 1190. The summed E-state index contributed by atoms with van der Waals surface area (Å²) >= 11 is 6.05. The van der Waals surface area contributed by atoms with Gasteiger partial charge in [0.05, 0.1) is 22.0 Å². The number of anilines is 1. The van der Waals surface area contributed by atoms with Crippen LogP contribution in [0.15, 0.2) is 72.8 Å². The molecule has 0 radical (unpaired) electrons. The van der Waals surface area contributed by atoms with Gasteiger partial charge in [0.25, 0.3) is 5.91 Å². The Morgan fingerprint density at radius 1 is 1.03 bits per heavy atom. The van der Waals surface area contributed by atoms with Crippen molar-refractivity contribution in [3.05, 3.63) is 89.2 Å². The maximum absolute atomic E-state index is 13.5. The molecule has 0 saturated heterocycles. The van der Waals surface area contributed by atoms with Crippen LogP contribution < -0.4 is 5.32 Å². The molecule has 7 heteroatoms. The highest BCUT2D eigenvalue weighted by atomic mass is 35.5. The highest BCUT2D eigenvalue weighted by Gasteiger charge is 2.12. The number of aromatic amines is 1. The normalized spacial score (nSPS) is 10.7. The van der Waals surface area contributed by atoms with Gasteiger partial charge < -0.3 is 10.4 Å². The van der Waals surface area contributed by atoms with Crippen molar-refractivity contribution < 1.29 is 14.3 Å². The minimum atomic E-state index is -0.451. The van der Waals surface area contributed by atoms with Gasteiger partial charge in [-0.1, -0.05) is 35.9 Å². The predicted octanol–water partition coefficient (Wildman–Crippen LogP) is 5.49. The summed E-state index contributed by atoms with van der Waals surface area (Å²) in [6.45, 7) is 0. The fourth-order valence-electron chi connectivity index (χ4n) is 2.90. The van der Waals surface area contributed by atoms with E-state index in [9.17, 15) is 14.3 Å². The maximum atomic E-state index is 13.5. The molecule has 1 aromatic heterocycles. The molecule has 3 aromatic carbocycles. The molecule has 0 saturated carbocycles. The average Bonchev–Trinajstić information content (AvgIpc) is 3.20. The lowest BCUT2D eigenvalue weighted by molar-refractivity contribution is 0.102. The van der Waals surface area contributed by atoms with Gasteiger partial charge in [-0.2, -0.15) is 5.10 Å². The molecule has 3 N–H and O–H groups in total. The van der Waals surface area contributed by atoms with Gasteiger partial charge in [0.1, 0.15) is 11.6 Å². The number of hydrogen-bond acceptors (Lipinski definition) is 3. The van der Waals surface area contributed by atoms with E-state index in [0.717, 1.165) is 5.56 Å². The molecule has 0 aliphatic carbocycles. The predicted molar refractivity (Wildman–Crippen MR) is 110 cm³/mol. The number of aromatic nitrogens is 2. The number of rotatable bonds is 4. The number of halogens is 2. The molecule has 29 heavy (non-hydrogen) atoms. The second-order valence-electron chi connectivity index (χ2n) is 6.34. The molecular formula is C22H15ClFN3O2. The van der Waals surface area contributed by atoms with Crippen LogP contribution in [0.1, 0.15) is 10.4 Å². The standard InChI is InChI=1S/C22H15ClFN3O2/c23-18-4-2-1-3-16(18)22(29)25-15-8-5-13(6-9-15)19-12-20(27-26-19)17-11-14(24)7-10-21(17)28/h1-12,28H,(H,25,29)(H,26,27). The fourth-order valence-corrected chi connectivity index (χ4v) is 3.12. The Morgan fingerprint density at radius 2 is 1.79 bits per heavy atom. The first-order valence-electron chi connectivity index (χ1n) is 8.72. The Balaban J connectivity index is 1.53. The summed E-state index contributed by atoms with van der Waals surface area (Å²) in [5.41, 5.74) is 3.23. The van der Waals surface area contributed by atoms with Gasteiger partial charge in [-0.05, 0) is 48.5 Å². The molecule has 1 heterocycles. The monoisotopic (exact) mass is 407 g/mol. The van der Waals surface area contributed by atoms with Crippen molar-refractivity contribution in [3.63, 3.8) is 0 Å². The third kappa shape index (κ3) is 3.97. The summed E-state index contributed by atoms with van der Waals surface area (Å²) in [7, 11) is 0. The van der Waals surface area contributed by atoms with E-state index in [1.807, 2.05) is 0 Å². The summed E-state index contributed by atoms with van der Waals surface area (Å²) in [5.74, 6) is -0.793. The fraction of sp³-hybridized carbons (Fsp3) is 0. The van der Waals surface area contributed by atoms with Gasteiger partial charge >= 0.3 is 0 Å². The Hall–Kier alpha value is -3.64. The number of aromatic hydroxyl groups is 1. The van der Waals surface area contributed by atoms with Crippen LogP contribution in [0.3, 0.4) is 0 Å². The molecule has 5 nitrogen and oxygen atoms in total. The number of phenolic OH excluding ortho intramolecular Hbond substituents is 1. The zero-order valence-corrected chi connectivity index (χ0v) is 15.7. The first-order chi connectivity index (χ1) is 14.0. The summed E-state index contributed by atoms with van der Waals surface area (Å²) in [6, 6.07) is 19.3. The smallest absolute Gasteiger partial charge is 0.257 e. The van der Waals surface area contributed by atoms with Crippen LogP contribution >= 0.6 is 11.6 Å². The van der Waals surface area contributed by atoms with E-state index in [4.69, 9.17) is 11.6 Å². The lowest BCUT2D eigenvalue weighted by Crippen LogP contribution is -2.12. The van der Waals surface area contributed by atoms with Crippen molar-refractivity contribution in [2.24, 2.45) is 0 Å². The van der Waals surface area contributed by atoms with Gasteiger partial charge in [0, 0.05) is 16.8 Å². The second-order valence-corrected chi connectivity index (χ2v) is 6.75. The van der Waals surface area contributed by atoms with Crippen molar-refractivity contribution in [2.75, 3.05) is 5.32 Å². The maximum Gasteiger partial charge on any atom is 0.257 e. The van der Waals surface area contributed by atoms with Crippen LogP contribution in [0.25, 0.3) is 22.5 Å². The Kier molecular flexibility index (Phi) is 5.01. The molecule has 0 fully saturated rings. The highest BCUT2D eigenvalue weighted by Crippen LogP contribution is 2.31. The molecule has 0 unspecified atom stereocenters. The third-order valence-electron chi connectivity index (χ3n) is 4.38. The first-order valence-corrected chi connectivity index (χ1v) is 9.09. The van der Waals surface area contributed by atoms with E-state index in [1.54, 1.807) is 54.6 Å². The lowest BCUT2D eigenvalue weighted by atomic mass is 10.1. The zero-order valence-electron chi connectivity index (χ0n) is 15.0. The van der Waals surface area contributed by atoms with E-state index < -0.39 is 5.82 Å². The van der Waals surface area contributed by atoms with E-state index in [-0.39, 0.29) is 11.7 Å². The van der Waals surface area contributed by atoms with Crippen LogP contribution in [0.5, 0.6) is 5.75 Å². The third-order valence-corrected chi connectivity index (χ3v) is 4.71. The van der Waals surface area contributed by atoms with Gasteiger partial charge in [0.2, 0.25) is 0 Å². The van der Waals surface area contributed by atoms with Crippen molar-refractivity contribution in [1.82, 2.24) is 10.2 Å². The van der Waals surface area contributed by atoms with Crippen molar-refractivity contribution in [2.45, 2.75) is 0 Å². The Labute approximate surface area is 170 Å². The second kappa shape index (κ2) is 7.77. The van der Waals surface area contributed by atoms with Crippen LogP contribution in [-0.4, -0.2) is 21.2 Å². The van der Waals surface area contributed by atoms with E-state index in [1.165, 1.54) is 18.2 Å². The number of nitrogens with zero attached hydrogens (tertiary/aromatic N) is 1. The van der Waals surface area contributed by atoms with Gasteiger partial charge in [0.15, 0.2) is 0 Å². The molecule has 144 valence electrons. The highest BCUT2D eigenvalue weighted by molar-refractivity contribution is 6.34. The minimum Gasteiger partial charge on any atom is -0.507 e. The molecule has 1 amide bonds. The molecule has 0 bridgehead atoms. The van der Waals surface area contributed by atoms with E-state index in [0.29, 0.717) is 33.2 Å². The summed E-state index contributed by atoms with van der Waals surface area (Å²) < 4.78 is 13.5. The first kappa shape index (κ1) is 18.7. The minimum absolute atomic E-state index is 0.0424. The molecule has 4 rings (SSSR count). The quantitative estimate of drug-likeness (QED) is 0.418. The van der Waals surface area contributed by atoms with Crippen LogP contribution in [0, 0.1) is 5.82 Å². The van der Waals surface area contributed by atoms with Gasteiger partial charge in [-0.25, -0.2) is 4.39 Å². The molecule has 4 aromatic rings. The number of amides is 1. The molecule has 0 spiro atoms. The number of phenols is 1. The van der Waals surface area contributed by atoms with Crippen LogP contribution in [-0.2, 0) is 0 Å². The molecule has 0 atom stereocenters. The Morgan fingerprint density at radius 3 is 2.55 bits per heavy atom. The number of carbonyl (C=O) groups excluding carboxylic acids is 1. The number of benzene rings is 3. The number of carbonyl (C=O) groups is 1. The topological polar surface area (TPSA) is 78.0 Å².